The Morgan fingerprint density at radius 1 is 1.28 bits per heavy atom. The van der Waals surface area contributed by atoms with Gasteiger partial charge in [0.15, 0.2) is 5.82 Å². The number of halogens is 1. The Balaban J connectivity index is 1.55. The number of benzene rings is 2. The molecule has 0 saturated heterocycles. The lowest BCUT2D eigenvalue weighted by Crippen LogP contribution is -3.08. The van der Waals surface area contributed by atoms with Crippen LogP contribution in [0.15, 0.2) is 42.5 Å². The van der Waals surface area contributed by atoms with Crippen LogP contribution in [-0.2, 0) is 6.54 Å². The zero-order chi connectivity index (χ0) is 17.8. The predicted octanol–water partition coefficient (Wildman–Crippen LogP) is 2.22. The van der Waals surface area contributed by atoms with E-state index in [1.54, 1.807) is 18.2 Å². The lowest BCUT2D eigenvalue weighted by atomic mass is 10.3. The number of hydrogen-bond donors (Lipinski definition) is 2. The minimum atomic E-state index is -0.411. The quantitative estimate of drug-likeness (QED) is 0.499. The third kappa shape index (κ3) is 4.46. The fourth-order valence-corrected chi connectivity index (χ4v) is 2.62. The van der Waals surface area contributed by atoms with Crippen LogP contribution in [0.5, 0.6) is 5.75 Å². The largest absolute Gasteiger partial charge is 0.488 e. The highest BCUT2D eigenvalue weighted by atomic mass is 35.5. The monoisotopic (exact) mass is 361 g/mol. The first-order chi connectivity index (χ1) is 12.0. The molecule has 25 heavy (non-hydrogen) atoms. The number of fused-ring (bicyclic) bond motifs is 1. The molecule has 7 nitrogen and oxygen atoms in total. The normalized spacial score (nSPS) is 12.2. The average molecular weight is 362 g/mol. The maximum atomic E-state index is 10.8. The zero-order valence-electron chi connectivity index (χ0n) is 13.7. The summed E-state index contributed by atoms with van der Waals surface area (Å²) in [5.41, 5.74) is 1.46. The number of likely N-dealkylation sites (N-methyl/N-ethyl adjacent to an activating group) is 1. The molecule has 0 fully saturated rings. The van der Waals surface area contributed by atoms with E-state index in [1.807, 2.05) is 19.2 Å². The molecule has 1 atom stereocenters. The summed E-state index contributed by atoms with van der Waals surface area (Å²) in [6.45, 7) is 2.03. The van der Waals surface area contributed by atoms with Crippen LogP contribution in [0.1, 0.15) is 5.82 Å². The predicted molar refractivity (Wildman–Crippen MR) is 95.2 cm³/mol. The minimum absolute atomic E-state index is 0.0553. The molecule has 0 aliphatic carbocycles. The maximum absolute atomic E-state index is 10.8. The number of nitro groups is 1. The van der Waals surface area contributed by atoms with Gasteiger partial charge in [0.05, 0.1) is 23.0 Å². The van der Waals surface area contributed by atoms with Crippen LogP contribution in [0.25, 0.3) is 11.0 Å². The van der Waals surface area contributed by atoms with Gasteiger partial charge in [-0.2, -0.15) is 0 Å². The standard InChI is InChI=1S/C17H17ClN4O3/c1-21(8-9-25-14-5-2-12(18)3-6-14)11-17-19-15-7-4-13(22(23)24)10-16(15)20-17/h2-7,10H,8-9,11H2,1H3,(H,19,20)/p+1. The third-order valence-electron chi connectivity index (χ3n) is 3.81. The molecule has 130 valence electrons. The molecule has 8 heteroatoms. The highest BCUT2D eigenvalue weighted by Gasteiger charge is 2.12. The summed E-state index contributed by atoms with van der Waals surface area (Å²) >= 11 is 5.84. The van der Waals surface area contributed by atoms with Gasteiger partial charge in [-0.05, 0) is 30.3 Å². The van der Waals surface area contributed by atoms with Gasteiger partial charge < -0.3 is 14.6 Å². The summed E-state index contributed by atoms with van der Waals surface area (Å²) in [7, 11) is 2.04. The Morgan fingerprint density at radius 2 is 2.04 bits per heavy atom. The van der Waals surface area contributed by atoms with Gasteiger partial charge >= 0.3 is 0 Å². The van der Waals surface area contributed by atoms with Crippen molar-refractivity contribution in [3.05, 3.63) is 63.4 Å². The highest BCUT2D eigenvalue weighted by molar-refractivity contribution is 6.30. The Kier molecular flexibility index (Phi) is 5.16. The van der Waals surface area contributed by atoms with E-state index < -0.39 is 4.92 Å². The number of aromatic nitrogens is 2. The molecule has 0 radical (unpaired) electrons. The summed E-state index contributed by atoms with van der Waals surface area (Å²) in [4.78, 5) is 19.2. The SMILES string of the molecule is C[NH+](CCOc1ccc(Cl)cc1)Cc1nc2ccc([N+](=O)[O-])cc2[nH]1. The second-order valence-electron chi connectivity index (χ2n) is 5.83. The molecule has 0 aliphatic rings. The number of hydrogen-bond acceptors (Lipinski definition) is 4. The van der Waals surface area contributed by atoms with E-state index in [0.29, 0.717) is 23.7 Å². The highest BCUT2D eigenvalue weighted by Crippen LogP contribution is 2.18. The first-order valence-electron chi connectivity index (χ1n) is 7.84. The molecular weight excluding hydrogens is 344 g/mol. The molecular formula is C17H18ClN4O3+. The molecule has 0 spiro atoms. The van der Waals surface area contributed by atoms with Crippen LogP contribution in [-0.4, -0.2) is 35.1 Å². The fraction of sp³-hybridized carbons (Fsp3) is 0.235. The molecule has 0 saturated carbocycles. The van der Waals surface area contributed by atoms with E-state index in [1.165, 1.54) is 17.0 Å². The van der Waals surface area contributed by atoms with E-state index in [4.69, 9.17) is 16.3 Å². The number of nitrogens with one attached hydrogen (secondary N) is 2. The van der Waals surface area contributed by atoms with Crippen LogP contribution in [0, 0.1) is 10.1 Å². The molecule has 1 heterocycles. The number of ether oxygens (including phenoxy) is 1. The van der Waals surface area contributed by atoms with Crippen LogP contribution in [0.3, 0.4) is 0 Å². The molecule has 0 aliphatic heterocycles. The summed E-state index contributed by atoms with van der Waals surface area (Å²) < 4.78 is 5.69. The van der Waals surface area contributed by atoms with Gasteiger partial charge in [0.2, 0.25) is 0 Å². The van der Waals surface area contributed by atoms with Gasteiger partial charge in [-0.25, -0.2) is 4.98 Å². The van der Waals surface area contributed by atoms with Crippen LogP contribution in [0.4, 0.5) is 5.69 Å². The van der Waals surface area contributed by atoms with Crippen molar-refractivity contribution in [3.63, 3.8) is 0 Å². The number of nitrogens with zero attached hydrogens (tertiary/aromatic N) is 2. The molecule has 3 aromatic rings. The third-order valence-corrected chi connectivity index (χ3v) is 4.06. The summed E-state index contributed by atoms with van der Waals surface area (Å²) in [6.07, 6.45) is 0. The number of non-ortho nitro benzene ring substituents is 1. The van der Waals surface area contributed by atoms with Crippen molar-refractivity contribution in [1.29, 1.82) is 0 Å². The number of aromatic amines is 1. The van der Waals surface area contributed by atoms with Gasteiger partial charge in [0.1, 0.15) is 25.4 Å². The van der Waals surface area contributed by atoms with Crippen molar-refractivity contribution in [2.24, 2.45) is 0 Å². The Morgan fingerprint density at radius 3 is 2.76 bits per heavy atom. The first-order valence-corrected chi connectivity index (χ1v) is 8.22. The Hall–Kier alpha value is -2.64. The van der Waals surface area contributed by atoms with Gasteiger partial charge in [-0.3, -0.25) is 10.1 Å². The molecule has 2 aromatic carbocycles. The van der Waals surface area contributed by atoms with Crippen molar-refractivity contribution >= 4 is 28.3 Å². The van der Waals surface area contributed by atoms with E-state index in [2.05, 4.69) is 9.97 Å². The minimum Gasteiger partial charge on any atom is -0.488 e. The molecule has 1 aromatic heterocycles. The van der Waals surface area contributed by atoms with Crippen LogP contribution >= 0.6 is 11.6 Å². The molecule has 2 N–H and O–H groups in total. The van der Waals surface area contributed by atoms with Gasteiger partial charge in [-0.1, -0.05) is 11.6 Å². The van der Waals surface area contributed by atoms with E-state index in [9.17, 15) is 10.1 Å². The number of imidazole rings is 1. The average Bonchev–Trinajstić information content (AvgIpc) is 2.97. The lowest BCUT2D eigenvalue weighted by molar-refractivity contribution is -0.894. The lowest BCUT2D eigenvalue weighted by Gasteiger charge is -2.13. The summed E-state index contributed by atoms with van der Waals surface area (Å²) in [5, 5.41) is 11.5. The van der Waals surface area contributed by atoms with E-state index >= 15 is 0 Å². The van der Waals surface area contributed by atoms with Crippen molar-refractivity contribution in [2.45, 2.75) is 6.54 Å². The number of quaternary nitrogens is 1. The van der Waals surface area contributed by atoms with Crippen molar-refractivity contribution in [2.75, 3.05) is 20.2 Å². The fourth-order valence-electron chi connectivity index (χ4n) is 2.50. The van der Waals surface area contributed by atoms with Gasteiger partial charge in [0, 0.05) is 17.2 Å². The second-order valence-corrected chi connectivity index (χ2v) is 6.26. The summed E-state index contributed by atoms with van der Waals surface area (Å²) in [5.74, 6) is 1.58. The van der Waals surface area contributed by atoms with Crippen molar-refractivity contribution < 1.29 is 14.6 Å². The number of nitro benzene ring substituents is 1. The zero-order valence-corrected chi connectivity index (χ0v) is 14.4. The van der Waals surface area contributed by atoms with Crippen LogP contribution < -0.4 is 9.64 Å². The first kappa shape index (κ1) is 17.2. The molecule has 1 unspecified atom stereocenters. The topological polar surface area (TPSA) is 85.5 Å². The van der Waals surface area contributed by atoms with Gasteiger partial charge in [-0.15, -0.1) is 0 Å². The maximum Gasteiger partial charge on any atom is 0.271 e. The van der Waals surface area contributed by atoms with Crippen LogP contribution in [0.2, 0.25) is 5.02 Å². The molecule has 0 bridgehead atoms. The smallest absolute Gasteiger partial charge is 0.271 e. The molecule has 3 rings (SSSR count). The second kappa shape index (κ2) is 7.50. The van der Waals surface area contributed by atoms with E-state index in [-0.39, 0.29) is 5.69 Å². The van der Waals surface area contributed by atoms with Crippen molar-refractivity contribution in [3.8, 4) is 5.75 Å². The van der Waals surface area contributed by atoms with Crippen molar-refractivity contribution in [1.82, 2.24) is 9.97 Å². The summed E-state index contributed by atoms with van der Waals surface area (Å²) in [6, 6.07) is 11.9. The van der Waals surface area contributed by atoms with Gasteiger partial charge in [0.25, 0.3) is 5.69 Å². The number of rotatable bonds is 7. The van der Waals surface area contributed by atoms with E-state index in [0.717, 1.165) is 23.6 Å². The molecule has 0 amide bonds. The Labute approximate surface area is 149 Å². The number of H-pyrrole nitrogens is 1. The Bertz CT molecular complexity index is 879.